The second kappa shape index (κ2) is 8.30. The fraction of sp³-hybridized carbons (Fsp3) is 0.619. The molecule has 0 radical (unpaired) electrons. The predicted molar refractivity (Wildman–Crippen MR) is 108 cm³/mol. The Labute approximate surface area is 162 Å². The zero-order valence-corrected chi connectivity index (χ0v) is 16.8. The van der Waals surface area contributed by atoms with Crippen LogP contribution in [0.1, 0.15) is 24.8 Å². The number of benzene rings is 1. The van der Waals surface area contributed by atoms with Crippen LogP contribution in [0.4, 0.5) is 5.69 Å². The SMILES string of the molecule is Cc1cccc(N2CCN(C(=O)C3(C(=O)NCCCN(C)C)CC3)CC2)c1. The average Bonchev–Trinajstić information content (AvgIpc) is 3.46. The fourth-order valence-corrected chi connectivity index (χ4v) is 3.72. The molecule has 1 aromatic rings. The first-order valence-corrected chi connectivity index (χ1v) is 9.96. The highest BCUT2D eigenvalue weighted by molar-refractivity contribution is 6.07. The van der Waals surface area contributed by atoms with E-state index < -0.39 is 5.41 Å². The summed E-state index contributed by atoms with van der Waals surface area (Å²) in [5.74, 6) is -0.0520. The van der Waals surface area contributed by atoms with Crippen LogP contribution < -0.4 is 10.2 Å². The quantitative estimate of drug-likeness (QED) is 0.582. The standard InChI is InChI=1S/C21H32N4O2/c1-17-6-4-7-18(16-17)24-12-14-25(15-13-24)20(27)21(8-9-21)19(26)22-10-5-11-23(2)3/h4,6-7,16H,5,8-15H2,1-3H3,(H,22,26). The number of carbonyl (C=O) groups is 2. The molecule has 1 aliphatic carbocycles. The molecule has 0 atom stereocenters. The summed E-state index contributed by atoms with van der Waals surface area (Å²) in [6.07, 6.45) is 2.27. The van der Waals surface area contributed by atoms with E-state index in [1.165, 1.54) is 11.3 Å². The molecule has 1 aromatic carbocycles. The molecule has 0 aromatic heterocycles. The number of rotatable bonds is 7. The van der Waals surface area contributed by atoms with Crippen LogP contribution >= 0.6 is 0 Å². The van der Waals surface area contributed by atoms with Gasteiger partial charge in [0, 0.05) is 38.4 Å². The van der Waals surface area contributed by atoms with Gasteiger partial charge in [-0.1, -0.05) is 12.1 Å². The van der Waals surface area contributed by atoms with Gasteiger partial charge in [-0.3, -0.25) is 9.59 Å². The van der Waals surface area contributed by atoms with Crippen LogP contribution in [0.5, 0.6) is 0 Å². The summed E-state index contributed by atoms with van der Waals surface area (Å²) in [7, 11) is 4.04. The van der Waals surface area contributed by atoms with E-state index in [9.17, 15) is 9.59 Å². The van der Waals surface area contributed by atoms with Gasteiger partial charge in [-0.2, -0.15) is 0 Å². The normalized spacial score (nSPS) is 18.5. The molecule has 1 aliphatic heterocycles. The minimum absolute atomic E-state index is 0.0245. The lowest BCUT2D eigenvalue weighted by Crippen LogP contribution is -2.53. The fourth-order valence-electron chi connectivity index (χ4n) is 3.72. The molecule has 2 amide bonds. The lowest BCUT2D eigenvalue weighted by molar-refractivity contribution is -0.144. The molecule has 1 N–H and O–H groups in total. The molecule has 0 bridgehead atoms. The van der Waals surface area contributed by atoms with Crippen molar-refractivity contribution in [2.75, 3.05) is 58.3 Å². The highest BCUT2D eigenvalue weighted by atomic mass is 16.2. The average molecular weight is 373 g/mol. The van der Waals surface area contributed by atoms with Crippen molar-refractivity contribution in [3.8, 4) is 0 Å². The Morgan fingerprint density at radius 3 is 2.44 bits per heavy atom. The van der Waals surface area contributed by atoms with Crippen molar-refractivity contribution in [2.45, 2.75) is 26.2 Å². The molecule has 1 saturated carbocycles. The van der Waals surface area contributed by atoms with Crippen LogP contribution in [-0.2, 0) is 9.59 Å². The summed E-state index contributed by atoms with van der Waals surface area (Å²) in [5, 5.41) is 2.98. The lowest BCUT2D eigenvalue weighted by Gasteiger charge is -2.37. The van der Waals surface area contributed by atoms with Crippen molar-refractivity contribution in [1.29, 1.82) is 0 Å². The van der Waals surface area contributed by atoms with E-state index in [2.05, 4.69) is 46.3 Å². The Kier molecular flexibility index (Phi) is 6.05. The molecular weight excluding hydrogens is 340 g/mol. The number of anilines is 1. The zero-order chi connectivity index (χ0) is 19.4. The van der Waals surface area contributed by atoms with Crippen LogP contribution in [0.15, 0.2) is 24.3 Å². The van der Waals surface area contributed by atoms with Gasteiger partial charge in [0.25, 0.3) is 0 Å². The van der Waals surface area contributed by atoms with E-state index in [-0.39, 0.29) is 11.8 Å². The molecule has 148 valence electrons. The maximum absolute atomic E-state index is 13.0. The van der Waals surface area contributed by atoms with Gasteiger partial charge >= 0.3 is 0 Å². The van der Waals surface area contributed by atoms with E-state index in [0.29, 0.717) is 32.5 Å². The number of nitrogens with zero attached hydrogens (tertiary/aromatic N) is 3. The van der Waals surface area contributed by atoms with E-state index in [0.717, 1.165) is 26.1 Å². The third-order valence-corrected chi connectivity index (χ3v) is 5.60. The van der Waals surface area contributed by atoms with Gasteiger partial charge in [0.05, 0.1) is 0 Å². The van der Waals surface area contributed by atoms with Crippen LogP contribution in [0.2, 0.25) is 0 Å². The smallest absolute Gasteiger partial charge is 0.238 e. The van der Waals surface area contributed by atoms with E-state index in [4.69, 9.17) is 0 Å². The van der Waals surface area contributed by atoms with Crippen LogP contribution in [0, 0.1) is 12.3 Å². The molecule has 0 unspecified atom stereocenters. The van der Waals surface area contributed by atoms with Crippen molar-refractivity contribution in [1.82, 2.24) is 15.1 Å². The van der Waals surface area contributed by atoms with Crippen molar-refractivity contribution >= 4 is 17.5 Å². The molecular formula is C21H32N4O2. The number of amides is 2. The third kappa shape index (κ3) is 4.61. The maximum atomic E-state index is 13.0. The van der Waals surface area contributed by atoms with Crippen molar-refractivity contribution in [3.63, 3.8) is 0 Å². The number of aryl methyl sites for hydroxylation is 1. The Balaban J connectivity index is 1.50. The molecule has 0 spiro atoms. The molecule has 1 saturated heterocycles. The summed E-state index contributed by atoms with van der Waals surface area (Å²) in [5.41, 5.74) is 1.67. The molecule has 3 rings (SSSR count). The molecule has 27 heavy (non-hydrogen) atoms. The first kappa shape index (κ1) is 19.7. The van der Waals surface area contributed by atoms with Crippen LogP contribution in [0.25, 0.3) is 0 Å². The Bertz CT molecular complexity index is 677. The summed E-state index contributed by atoms with van der Waals surface area (Å²) >= 11 is 0. The second-order valence-electron chi connectivity index (χ2n) is 8.11. The minimum atomic E-state index is -0.788. The predicted octanol–water partition coefficient (Wildman–Crippen LogP) is 1.49. The number of hydrogen-bond donors (Lipinski definition) is 1. The summed E-state index contributed by atoms with van der Waals surface area (Å²) in [6, 6.07) is 8.47. The van der Waals surface area contributed by atoms with Gasteiger partial charge in [0.1, 0.15) is 5.41 Å². The number of piperazine rings is 1. The summed E-state index contributed by atoms with van der Waals surface area (Å²) in [6.45, 7) is 6.66. The van der Waals surface area contributed by atoms with Crippen molar-refractivity contribution in [2.24, 2.45) is 5.41 Å². The maximum Gasteiger partial charge on any atom is 0.238 e. The van der Waals surface area contributed by atoms with Crippen molar-refractivity contribution in [3.05, 3.63) is 29.8 Å². The van der Waals surface area contributed by atoms with E-state index >= 15 is 0 Å². The minimum Gasteiger partial charge on any atom is -0.368 e. The third-order valence-electron chi connectivity index (χ3n) is 5.60. The van der Waals surface area contributed by atoms with Gasteiger partial charge in [-0.05, 0) is 64.5 Å². The van der Waals surface area contributed by atoms with Crippen molar-refractivity contribution < 1.29 is 9.59 Å². The highest BCUT2D eigenvalue weighted by Crippen LogP contribution is 2.47. The van der Waals surface area contributed by atoms with E-state index in [1.807, 2.05) is 19.0 Å². The van der Waals surface area contributed by atoms with Gasteiger partial charge in [-0.15, -0.1) is 0 Å². The second-order valence-corrected chi connectivity index (χ2v) is 8.11. The van der Waals surface area contributed by atoms with Crippen LogP contribution in [0.3, 0.4) is 0 Å². The zero-order valence-electron chi connectivity index (χ0n) is 16.8. The number of carbonyl (C=O) groups excluding carboxylic acids is 2. The molecule has 1 heterocycles. The molecule has 6 heteroatoms. The van der Waals surface area contributed by atoms with Gasteiger partial charge < -0.3 is 20.0 Å². The first-order chi connectivity index (χ1) is 12.9. The highest BCUT2D eigenvalue weighted by Gasteiger charge is 2.58. The molecule has 6 nitrogen and oxygen atoms in total. The molecule has 2 aliphatic rings. The molecule has 2 fully saturated rings. The van der Waals surface area contributed by atoms with Gasteiger partial charge in [-0.25, -0.2) is 0 Å². The summed E-state index contributed by atoms with van der Waals surface area (Å²) < 4.78 is 0. The topological polar surface area (TPSA) is 55.9 Å². The monoisotopic (exact) mass is 372 g/mol. The largest absolute Gasteiger partial charge is 0.368 e. The Morgan fingerprint density at radius 1 is 1.15 bits per heavy atom. The summed E-state index contributed by atoms with van der Waals surface area (Å²) in [4.78, 5) is 31.9. The van der Waals surface area contributed by atoms with Gasteiger partial charge in [0.2, 0.25) is 11.8 Å². The lowest BCUT2D eigenvalue weighted by atomic mass is 10.0. The van der Waals surface area contributed by atoms with Gasteiger partial charge in [0.15, 0.2) is 0 Å². The van der Waals surface area contributed by atoms with E-state index in [1.54, 1.807) is 0 Å². The number of hydrogen-bond acceptors (Lipinski definition) is 4. The Morgan fingerprint density at radius 2 is 1.85 bits per heavy atom. The van der Waals surface area contributed by atoms with Crippen LogP contribution in [-0.4, -0.2) is 75.0 Å². The first-order valence-electron chi connectivity index (χ1n) is 9.96. The number of nitrogens with one attached hydrogen (secondary N) is 1. The Hall–Kier alpha value is -2.08.